The molecule has 0 aliphatic heterocycles. The third kappa shape index (κ3) is 4.25. The number of phenolic OH excluding ortho intramolecular Hbond substituents is 2. The molecule has 0 fully saturated rings. The summed E-state index contributed by atoms with van der Waals surface area (Å²) in [5, 5.41) is 20.7. The van der Waals surface area contributed by atoms with E-state index in [1.165, 1.54) is 25.3 Å². The number of aryl methyl sites for hydroxylation is 1. The summed E-state index contributed by atoms with van der Waals surface area (Å²) >= 11 is 0. The zero-order valence-electron chi connectivity index (χ0n) is 16.6. The number of ether oxygens (including phenoxy) is 1. The summed E-state index contributed by atoms with van der Waals surface area (Å²) in [5.41, 5.74) is 2.20. The minimum Gasteiger partial charge on any atom is -0.507 e. The minimum absolute atomic E-state index is 0.0526. The van der Waals surface area contributed by atoms with Gasteiger partial charge in [0.2, 0.25) is 0 Å². The summed E-state index contributed by atoms with van der Waals surface area (Å²) in [4.78, 5) is 24.8. The number of carbonyl (C=O) groups is 2. The van der Waals surface area contributed by atoms with Crippen LogP contribution in [-0.2, 0) is 11.2 Å². The number of benzene rings is 3. The van der Waals surface area contributed by atoms with Crippen molar-refractivity contribution < 1.29 is 24.5 Å². The van der Waals surface area contributed by atoms with E-state index in [1.807, 2.05) is 0 Å². The Morgan fingerprint density at radius 2 is 1.60 bits per heavy atom. The lowest BCUT2D eigenvalue weighted by Crippen LogP contribution is -2.04. The summed E-state index contributed by atoms with van der Waals surface area (Å²) in [6.45, 7) is 3.48. The molecule has 0 heterocycles. The van der Waals surface area contributed by atoms with Crippen molar-refractivity contribution in [3.63, 3.8) is 0 Å². The van der Waals surface area contributed by atoms with Gasteiger partial charge in [0.15, 0.2) is 11.6 Å². The van der Waals surface area contributed by atoms with E-state index in [0.717, 1.165) is 5.56 Å². The van der Waals surface area contributed by atoms with E-state index in [9.17, 15) is 19.8 Å². The van der Waals surface area contributed by atoms with Gasteiger partial charge in [-0.15, -0.1) is 0 Å². The average Bonchev–Trinajstić information content (AvgIpc) is 2.77. The van der Waals surface area contributed by atoms with Crippen LogP contribution in [0.2, 0.25) is 0 Å². The fraction of sp³-hybridized carbons (Fsp3) is 0.120. The van der Waals surface area contributed by atoms with Crippen LogP contribution in [0.3, 0.4) is 0 Å². The number of para-hydroxylation sites is 1. The molecule has 3 aromatic carbocycles. The van der Waals surface area contributed by atoms with Crippen molar-refractivity contribution in [2.24, 2.45) is 0 Å². The number of phenols is 2. The molecule has 5 nitrogen and oxygen atoms in total. The fourth-order valence-corrected chi connectivity index (χ4v) is 3.30. The Morgan fingerprint density at radius 3 is 2.27 bits per heavy atom. The first-order chi connectivity index (χ1) is 14.5. The molecule has 0 saturated heterocycles. The van der Waals surface area contributed by atoms with Crippen LogP contribution in [0, 0.1) is 0 Å². The quantitative estimate of drug-likeness (QED) is 0.422. The van der Waals surface area contributed by atoms with E-state index in [-0.39, 0.29) is 35.0 Å². The van der Waals surface area contributed by atoms with E-state index < -0.39 is 0 Å². The van der Waals surface area contributed by atoms with Gasteiger partial charge in [-0.3, -0.25) is 9.59 Å². The molecule has 0 saturated carbocycles. The smallest absolute Gasteiger partial charge is 0.197 e. The predicted molar refractivity (Wildman–Crippen MR) is 115 cm³/mol. The van der Waals surface area contributed by atoms with Gasteiger partial charge in [-0.05, 0) is 41.8 Å². The molecule has 152 valence electrons. The first-order valence-electron chi connectivity index (χ1n) is 9.43. The number of rotatable bonds is 8. The Morgan fingerprint density at radius 1 is 0.933 bits per heavy atom. The third-order valence-corrected chi connectivity index (χ3v) is 4.88. The van der Waals surface area contributed by atoms with Gasteiger partial charge in [-0.1, -0.05) is 43.0 Å². The van der Waals surface area contributed by atoms with E-state index in [4.69, 9.17) is 4.74 Å². The van der Waals surface area contributed by atoms with Crippen LogP contribution in [0.25, 0.3) is 11.1 Å². The number of ketones is 2. The maximum Gasteiger partial charge on any atom is 0.197 e. The molecule has 3 rings (SSSR count). The highest BCUT2D eigenvalue weighted by atomic mass is 16.5. The van der Waals surface area contributed by atoms with Crippen molar-refractivity contribution >= 4 is 11.6 Å². The number of hydrogen-bond acceptors (Lipinski definition) is 5. The van der Waals surface area contributed by atoms with Crippen LogP contribution in [0.5, 0.6) is 17.2 Å². The molecule has 0 bridgehead atoms. The zero-order valence-corrected chi connectivity index (χ0v) is 16.6. The van der Waals surface area contributed by atoms with E-state index in [0.29, 0.717) is 28.9 Å². The Kier molecular flexibility index (Phi) is 6.32. The van der Waals surface area contributed by atoms with Gasteiger partial charge in [0.1, 0.15) is 17.2 Å². The van der Waals surface area contributed by atoms with Gasteiger partial charge in [0, 0.05) is 23.6 Å². The van der Waals surface area contributed by atoms with E-state index in [1.54, 1.807) is 48.5 Å². The number of allylic oxidation sites excluding steroid dienone is 1. The summed E-state index contributed by atoms with van der Waals surface area (Å²) in [6.07, 6.45) is 1.92. The van der Waals surface area contributed by atoms with Crippen LogP contribution in [0.4, 0.5) is 0 Å². The normalized spacial score (nSPS) is 10.4. The maximum atomic E-state index is 13.1. The second-order valence-corrected chi connectivity index (χ2v) is 6.74. The van der Waals surface area contributed by atoms with Crippen LogP contribution in [-0.4, -0.2) is 28.9 Å². The second-order valence-electron chi connectivity index (χ2n) is 6.74. The number of aromatic hydroxyl groups is 2. The second kappa shape index (κ2) is 9.09. The lowest BCUT2D eigenvalue weighted by atomic mass is 9.91. The van der Waals surface area contributed by atoms with Crippen molar-refractivity contribution in [2.75, 3.05) is 7.11 Å². The predicted octanol–water partition coefficient (Wildman–Crippen LogP) is 4.69. The van der Waals surface area contributed by atoms with Gasteiger partial charge in [-0.25, -0.2) is 0 Å². The molecule has 0 radical (unpaired) electrons. The maximum absolute atomic E-state index is 13.1. The largest absolute Gasteiger partial charge is 0.507 e. The Balaban J connectivity index is 2.10. The molecular formula is C25H22O5. The van der Waals surface area contributed by atoms with Crippen LogP contribution >= 0.6 is 0 Å². The highest BCUT2D eigenvalue weighted by Gasteiger charge is 2.20. The molecule has 3 aromatic rings. The summed E-state index contributed by atoms with van der Waals surface area (Å²) in [5.74, 6) is -0.162. The first kappa shape index (κ1) is 20.9. The fourth-order valence-electron chi connectivity index (χ4n) is 3.30. The highest BCUT2D eigenvalue weighted by molar-refractivity contribution is 6.14. The summed E-state index contributed by atoms with van der Waals surface area (Å²) in [6, 6.07) is 16.4. The van der Waals surface area contributed by atoms with Crippen molar-refractivity contribution in [1.29, 1.82) is 0 Å². The lowest BCUT2D eigenvalue weighted by molar-refractivity contribution is -0.114. The molecule has 0 spiro atoms. The van der Waals surface area contributed by atoms with Gasteiger partial charge in [-0.2, -0.15) is 0 Å². The van der Waals surface area contributed by atoms with Gasteiger partial charge in [0.25, 0.3) is 0 Å². The van der Waals surface area contributed by atoms with Crippen LogP contribution in [0.15, 0.2) is 73.3 Å². The molecule has 2 N–H and O–H groups in total. The zero-order chi connectivity index (χ0) is 21.7. The number of carbonyl (C=O) groups excluding carboxylic acids is 2. The van der Waals surface area contributed by atoms with E-state index in [2.05, 4.69) is 6.58 Å². The van der Waals surface area contributed by atoms with Gasteiger partial charge < -0.3 is 14.9 Å². The molecule has 0 unspecified atom stereocenters. The SMILES string of the molecule is C=CC(=O)CCc1cc(-c2ccccc2C(=O)c2ccccc2O)c(O)cc1OC. The summed E-state index contributed by atoms with van der Waals surface area (Å²) < 4.78 is 5.35. The molecule has 0 aliphatic rings. The molecule has 0 atom stereocenters. The molecular weight excluding hydrogens is 380 g/mol. The standard InChI is InChI=1S/C25H22O5/c1-3-17(26)13-12-16-14-21(23(28)15-24(16)30-2)18-8-4-5-9-19(18)25(29)20-10-6-7-11-22(20)27/h3-11,14-15,27-28H,1,12-13H2,2H3. The minimum atomic E-state index is -0.359. The first-order valence-corrected chi connectivity index (χ1v) is 9.43. The third-order valence-electron chi connectivity index (χ3n) is 4.88. The van der Waals surface area contributed by atoms with Crippen LogP contribution in [0.1, 0.15) is 27.9 Å². The average molecular weight is 402 g/mol. The Bertz CT molecular complexity index is 1110. The highest BCUT2D eigenvalue weighted by Crippen LogP contribution is 2.38. The van der Waals surface area contributed by atoms with E-state index >= 15 is 0 Å². The number of methoxy groups -OCH3 is 1. The molecule has 30 heavy (non-hydrogen) atoms. The van der Waals surface area contributed by atoms with Crippen molar-refractivity contribution in [1.82, 2.24) is 0 Å². The monoisotopic (exact) mass is 402 g/mol. The van der Waals surface area contributed by atoms with Gasteiger partial charge in [0.05, 0.1) is 12.7 Å². The molecule has 0 aliphatic carbocycles. The topological polar surface area (TPSA) is 83.8 Å². The lowest BCUT2D eigenvalue weighted by Gasteiger charge is -2.15. The molecule has 0 aromatic heterocycles. The van der Waals surface area contributed by atoms with Crippen molar-refractivity contribution in [3.8, 4) is 28.4 Å². The molecule has 0 amide bonds. The number of hydrogen-bond donors (Lipinski definition) is 2. The summed E-state index contributed by atoms with van der Waals surface area (Å²) in [7, 11) is 1.49. The van der Waals surface area contributed by atoms with Gasteiger partial charge >= 0.3 is 0 Å². The Hall–Kier alpha value is -3.86. The van der Waals surface area contributed by atoms with Crippen LogP contribution < -0.4 is 4.74 Å². The van der Waals surface area contributed by atoms with Crippen molar-refractivity contribution in [2.45, 2.75) is 12.8 Å². The molecule has 5 heteroatoms. The van der Waals surface area contributed by atoms with Crippen molar-refractivity contribution in [3.05, 3.63) is 90.0 Å². The Labute approximate surface area is 174 Å².